The molecule has 0 unspecified atom stereocenters. The highest BCUT2D eigenvalue weighted by atomic mass is 16.4. The summed E-state index contributed by atoms with van der Waals surface area (Å²) in [5.74, 6) is -1.47. The Morgan fingerprint density at radius 3 is 2.25 bits per heavy atom. The molecule has 0 aromatic heterocycles. The summed E-state index contributed by atoms with van der Waals surface area (Å²) in [6.45, 7) is 3.35. The van der Waals surface area contributed by atoms with Gasteiger partial charge in [-0.3, -0.25) is 4.79 Å². The normalized spacial score (nSPS) is 15.3. The summed E-state index contributed by atoms with van der Waals surface area (Å²) >= 11 is 0. The largest absolute Gasteiger partial charge is 0.481 e. The van der Waals surface area contributed by atoms with Gasteiger partial charge < -0.3 is 10.2 Å². The third kappa shape index (κ3) is 2.73. The maximum absolute atomic E-state index is 11.1. The van der Waals surface area contributed by atoms with Crippen LogP contribution in [-0.2, 0) is 10.4 Å². The molecule has 0 fully saturated rings. The Morgan fingerprint density at radius 1 is 1.05 bits per heavy atom. The van der Waals surface area contributed by atoms with Gasteiger partial charge in [0.05, 0.1) is 5.92 Å². The van der Waals surface area contributed by atoms with Gasteiger partial charge in [-0.25, -0.2) is 0 Å². The first kappa shape index (κ1) is 14.3. The van der Waals surface area contributed by atoms with E-state index in [2.05, 4.69) is 0 Å². The average molecular weight is 270 g/mol. The molecule has 0 aliphatic carbocycles. The Kier molecular flexibility index (Phi) is 3.91. The summed E-state index contributed by atoms with van der Waals surface area (Å²) in [5, 5.41) is 19.8. The zero-order valence-corrected chi connectivity index (χ0v) is 11.6. The summed E-state index contributed by atoms with van der Waals surface area (Å²) in [5.41, 5.74) is 1.01. The van der Waals surface area contributed by atoms with Crippen molar-refractivity contribution in [1.82, 2.24) is 0 Å². The zero-order valence-electron chi connectivity index (χ0n) is 11.6. The minimum atomic E-state index is -1.14. The van der Waals surface area contributed by atoms with Crippen LogP contribution in [0.25, 0.3) is 0 Å². The van der Waals surface area contributed by atoms with E-state index in [1.54, 1.807) is 32.0 Å². The van der Waals surface area contributed by atoms with Crippen LogP contribution in [0.5, 0.6) is 0 Å². The molecule has 104 valence electrons. The van der Waals surface area contributed by atoms with Crippen LogP contribution in [0.1, 0.15) is 36.5 Å². The SMILES string of the molecule is C[C@H](C(=O)O)c1cccc([C@@](C)(O)c2ccccc2)c1. The number of hydrogen-bond acceptors (Lipinski definition) is 2. The standard InChI is InChI=1S/C17H18O3/c1-12(16(18)19)13-7-6-10-15(11-13)17(2,20)14-8-4-3-5-9-14/h3-12,20H,1-2H3,(H,18,19)/t12-,17-/m0/s1. The van der Waals surface area contributed by atoms with Crippen molar-refractivity contribution in [2.75, 3.05) is 0 Å². The number of hydrogen-bond donors (Lipinski definition) is 2. The van der Waals surface area contributed by atoms with Crippen molar-refractivity contribution >= 4 is 5.97 Å². The quantitative estimate of drug-likeness (QED) is 0.897. The molecule has 0 aliphatic heterocycles. The van der Waals surface area contributed by atoms with Crippen LogP contribution < -0.4 is 0 Å². The van der Waals surface area contributed by atoms with Gasteiger partial charge in [0.2, 0.25) is 0 Å². The predicted octanol–water partition coefficient (Wildman–Crippen LogP) is 3.13. The van der Waals surface area contributed by atoms with E-state index in [9.17, 15) is 9.90 Å². The molecular weight excluding hydrogens is 252 g/mol. The minimum absolute atomic E-state index is 0.596. The van der Waals surface area contributed by atoms with Crippen molar-refractivity contribution in [2.24, 2.45) is 0 Å². The Balaban J connectivity index is 2.43. The molecule has 0 bridgehead atoms. The third-order valence-corrected chi connectivity index (χ3v) is 3.66. The van der Waals surface area contributed by atoms with E-state index in [0.717, 1.165) is 5.56 Å². The highest BCUT2D eigenvalue weighted by Gasteiger charge is 2.26. The van der Waals surface area contributed by atoms with Crippen LogP contribution in [0.15, 0.2) is 54.6 Å². The van der Waals surface area contributed by atoms with Crippen molar-refractivity contribution in [3.63, 3.8) is 0 Å². The number of carboxylic acid groups (broad SMARTS) is 1. The van der Waals surface area contributed by atoms with Gasteiger partial charge in [-0.05, 0) is 30.5 Å². The molecule has 0 saturated heterocycles. The van der Waals surface area contributed by atoms with Gasteiger partial charge in [-0.15, -0.1) is 0 Å². The van der Waals surface area contributed by atoms with E-state index in [1.807, 2.05) is 36.4 Å². The van der Waals surface area contributed by atoms with Crippen LogP contribution in [-0.4, -0.2) is 16.2 Å². The number of benzene rings is 2. The van der Waals surface area contributed by atoms with Crippen LogP contribution in [0.4, 0.5) is 0 Å². The van der Waals surface area contributed by atoms with Gasteiger partial charge in [0, 0.05) is 0 Å². The average Bonchev–Trinajstić information content (AvgIpc) is 2.47. The summed E-state index contributed by atoms with van der Waals surface area (Å²) in [7, 11) is 0. The highest BCUT2D eigenvalue weighted by molar-refractivity contribution is 5.75. The molecule has 3 heteroatoms. The second-order valence-corrected chi connectivity index (χ2v) is 5.12. The summed E-state index contributed by atoms with van der Waals surface area (Å²) in [4.78, 5) is 11.1. The fraction of sp³-hybridized carbons (Fsp3) is 0.235. The van der Waals surface area contributed by atoms with Gasteiger partial charge in [0.1, 0.15) is 5.60 Å². The van der Waals surface area contributed by atoms with E-state index in [0.29, 0.717) is 11.1 Å². The molecule has 2 aromatic rings. The van der Waals surface area contributed by atoms with E-state index in [-0.39, 0.29) is 0 Å². The van der Waals surface area contributed by atoms with Gasteiger partial charge in [0.25, 0.3) is 0 Å². The first-order valence-corrected chi connectivity index (χ1v) is 6.54. The fourth-order valence-corrected chi connectivity index (χ4v) is 2.18. The lowest BCUT2D eigenvalue weighted by Crippen LogP contribution is -2.23. The number of carboxylic acids is 1. The van der Waals surface area contributed by atoms with Crippen LogP contribution in [0.2, 0.25) is 0 Å². The topological polar surface area (TPSA) is 57.5 Å². The van der Waals surface area contributed by atoms with E-state index < -0.39 is 17.5 Å². The Hall–Kier alpha value is -2.13. The molecule has 2 rings (SSSR count). The summed E-state index contributed by atoms with van der Waals surface area (Å²) < 4.78 is 0. The molecule has 0 spiro atoms. The Bertz CT molecular complexity index is 603. The smallest absolute Gasteiger partial charge is 0.310 e. The maximum Gasteiger partial charge on any atom is 0.310 e. The Labute approximate surface area is 118 Å². The van der Waals surface area contributed by atoms with Gasteiger partial charge >= 0.3 is 5.97 Å². The molecule has 3 nitrogen and oxygen atoms in total. The maximum atomic E-state index is 11.1. The molecule has 0 saturated carbocycles. The molecular formula is C17H18O3. The first-order valence-electron chi connectivity index (χ1n) is 6.54. The fourth-order valence-electron chi connectivity index (χ4n) is 2.18. The second kappa shape index (κ2) is 5.47. The first-order chi connectivity index (χ1) is 9.43. The number of aliphatic hydroxyl groups is 1. The van der Waals surface area contributed by atoms with Crippen molar-refractivity contribution in [3.05, 3.63) is 71.3 Å². The Morgan fingerprint density at radius 2 is 1.65 bits per heavy atom. The monoisotopic (exact) mass is 270 g/mol. The number of rotatable bonds is 4. The molecule has 2 atom stereocenters. The van der Waals surface area contributed by atoms with Gasteiger partial charge in [-0.2, -0.15) is 0 Å². The molecule has 2 N–H and O–H groups in total. The molecule has 0 heterocycles. The minimum Gasteiger partial charge on any atom is -0.481 e. The van der Waals surface area contributed by atoms with Crippen molar-refractivity contribution in [2.45, 2.75) is 25.4 Å². The van der Waals surface area contributed by atoms with E-state index in [1.165, 1.54) is 0 Å². The molecule has 0 aliphatic rings. The number of carbonyl (C=O) groups is 1. The van der Waals surface area contributed by atoms with Crippen LogP contribution in [0, 0.1) is 0 Å². The summed E-state index contributed by atoms with van der Waals surface area (Å²) in [6, 6.07) is 16.5. The summed E-state index contributed by atoms with van der Waals surface area (Å²) in [6.07, 6.45) is 0. The lowest BCUT2D eigenvalue weighted by Gasteiger charge is -2.25. The van der Waals surface area contributed by atoms with Crippen molar-refractivity contribution < 1.29 is 15.0 Å². The van der Waals surface area contributed by atoms with E-state index >= 15 is 0 Å². The van der Waals surface area contributed by atoms with Gasteiger partial charge in [0.15, 0.2) is 0 Å². The lowest BCUT2D eigenvalue weighted by molar-refractivity contribution is -0.138. The third-order valence-electron chi connectivity index (χ3n) is 3.66. The predicted molar refractivity (Wildman–Crippen MR) is 77.6 cm³/mol. The van der Waals surface area contributed by atoms with Crippen LogP contribution in [0.3, 0.4) is 0 Å². The van der Waals surface area contributed by atoms with Crippen molar-refractivity contribution in [1.29, 1.82) is 0 Å². The van der Waals surface area contributed by atoms with Crippen molar-refractivity contribution in [3.8, 4) is 0 Å². The second-order valence-electron chi connectivity index (χ2n) is 5.12. The van der Waals surface area contributed by atoms with E-state index in [4.69, 9.17) is 5.11 Å². The number of aliphatic carboxylic acids is 1. The molecule has 0 radical (unpaired) electrons. The lowest BCUT2D eigenvalue weighted by atomic mass is 9.86. The highest BCUT2D eigenvalue weighted by Crippen LogP contribution is 2.30. The molecule has 0 amide bonds. The molecule has 2 aromatic carbocycles. The molecule has 20 heavy (non-hydrogen) atoms. The zero-order chi connectivity index (χ0) is 14.8. The van der Waals surface area contributed by atoms with Gasteiger partial charge in [-0.1, -0.05) is 54.6 Å². The van der Waals surface area contributed by atoms with Crippen LogP contribution >= 0.6 is 0 Å².